The summed E-state index contributed by atoms with van der Waals surface area (Å²) in [7, 11) is 1.18. The number of hydrogen-bond donors (Lipinski definition) is 3. The van der Waals surface area contributed by atoms with Crippen molar-refractivity contribution >= 4 is 17.3 Å². The van der Waals surface area contributed by atoms with E-state index in [1.165, 1.54) is 7.11 Å². The van der Waals surface area contributed by atoms with Gasteiger partial charge in [-0.2, -0.15) is 0 Å². The Labute approximate surface area is 112 Å². The Balaban J connectivity index is 3.10. The van der Waals surface area contributed by atoms with Gasteiger partial charge < -0.3 is 20.3 Å². The van der Waals surface area contributed by atoms with Gasteiger partial charge in [-0.05, 0) is 6.92 Å². The predicted octanol–water partition coefficient (Wildman–Crippen LogP) is 0.990. The lowest BCUT2D eigenvalue weighted by Gasteiger charge is -2.19. The van der Waals surface area contributed by atoms with E-state index in [0.29, 0.717) is 6.07 Å². The molecule has 1 atom stereocenters. The minimum Gasteiger partial charge on any atom is -0.494 e. The lowest BCUT2D eigenvalue weighted by molar-refractivity contribution is -0.384. The van der Waals surface area contributed by atoms with E-state index in [4.69, 9.17) is 5.11 Å². The van der Waals surface area contributed by atoms with Gasteiger partial charge >= 0.3 is 5.97 Å². The van der Waals surface area contributed by atoms with E-state index in [2.05, 4.69) is 10.1 Å². The number of nitro benzene ring substituents is 1. The minimum absolute atomic E-state index is 0.158. The number of methoxy groups -OCH3 is 1. The van der Waals surface area contributed by atoms with Crippen LogP contribution in [0, 0.1) is 15.9 Å². The number of carboxylic acid groups (broad SMARTS) is 1. The first-order valence-electron chi connectivity index (χ1n) is 5.40. The second-order valence-corrected chi connectivity index (χ2v) is 4.19. The number of halogens is 1. The largest absolute Gasteiger partial charge is 0.494 e. The predicted molar refractivity (Wildman–Crippen MR) is 66.4 cm³/mol. The maximum atomic E-state index is 13.4. The molecule has 0 aliphatic carbocycles. The molecule has 0 spiro atoms. The van der Waals surface area contributed by atoms with Crippen molar-refractivity contribution in [3.05, 3.63) is 28.1 Å². The highest BCUT2D eigenvalue weighted by atomic mass is 19.1. The molecule has 1 aromatic carbocycles. The highest BCUT2D eigenvalue weighted by Gasteiger charge is 2.30. The van der Waals surface area contributed by atoms with Crippen LogP contribution in [0.3, 0.4) is 0 Å². The Morgan fingerprint density at radius 1 is 1.60 bits per heavy atom. The van der Waals surface area contributed by atoms with E-state index < -0.39 is 34.5 Å². The Hall–Kier alpha value is -2.42. The van der Waals surface area contributed by atoms with Crippen molar-refractivity contribution in [3.8, 4) is 5.75 Å². The molecule has 1 rings (SSSR count). The summed E-state index contributed by atoms with van der Waals surface area (Å²) in [6, 6.07) is 1.67. The van der Waals surface area contributed by atoms with Gasteiger partial charge in [-0.25, -0.2) is 9.18 Å². The van der Waals surface area contributed by atoms with E-state index in [0.717, 1.165) is 13.0 Å². The van der Waals surface area contributed by atoms with Crippen molar-refractivity contribution in [3.63, 3.8) is 0 Å². The Bertz CT molecular complexity index is 546. The number of benzene rings is 1. The first-order chi connectivity index (χ1) is 9.19. The third kappa shape index (κ3) is 3.32. The monoisotopic (exact) mass is 288 g/mol. The van der Waals surface area contributed by atoms with E-state index in [9.17, 15) is 24.4 Å². The fourth-order valence-electron chi connectivity index (χ4n) is 1.33. The second-order valence-electron chi connectivity index (χ2n) is 4.19. The number of nitro groups is 1. The molecule has 0 aliphatic rings. The number of carbonyl (C=O) groups is 1. The maximum Gasteiger partial charge on any atom is 0.337 e. The van der Waals surface area contributed by atoms with Crippen LogP contribution in [-0.4, -0.2) is 40.4 Å². The van der Waals surface area contributed by atoms with E-state index in [1.807, 2.05) is 0 Å². The molecule has 0 radical (unpaired) electrons. The molecule has 0 aromatic heterocycles. The summed E-state index contributed by atoms with van der Waals surface area (Å²) in [6.07, 6.45) is 0. The van der Waals surface area contributed by atoms with Gasteiger partial charge in [-0.3, -0.25) is 10.1 Å². The summed E-state index contributed by atoms with van der Waals surface area (Å²) in [6.45, 7) is 0.521. The van der Waals surface area contributed by atoms with Crippen molar-refractivity contribution in [2.75, 3.05) is 19.0 Å². The average Bonchev–Trinajstić information content (AvgIpc) is 2.36. The molecule has 1 unspecified atom stereocenters. The van der Waals surface area contributed by atoms with Crippen LogP contribution in [0.5, 0.6) is 5.75 Å². The van der Waals surface area contributed by atoms with Gasteiger partial charge in [0.05, 0.1) is 24.6 Å². The van der Waals surface area contributed by atoms with E-state index in [-0.39, 0.29) is 11.4 Å². The molecule has 0 saturated heterocycles. The third-order valence-corrected chi connectivity index (χ3v) is 2.55. The fraction of sp³-hybridized carbons (Fsp3) is 0.364. The molecule has 9 heteroatoms. The van der Waals surface area contributed by atoms with Crippen molar-refractivity contribution in [1.29, 1.82) is 0 Å². The lowest BCUT2D eigenvalue weighted by Crippen LogP contribution is -2.41. The first-order valence-corrected chi connectivity index (χ1v) is 5.40. The molecule has 1 aromatic rings. The molecule has 0 amide bonds. The SMILES string of the molecule is COc1cc(NCC(C)(O)C(=O)O)c([N+](=O)[O-])cc1F. The number of aliphatic carboxylic acids is 1. The van der Waals surface area contributed by atoms with E-state index >= 15 is 0 Å². The van der Waals surface area contributed by atoms with Crippen LogP contribution in [0.1, 0.15) is 6.92 Å². The number of nitrogens with zero attached hydrogens (tertiary/aromatic N) is 1. The second kappa shape index (κ2) is 5.70. The summed E-state index contributed by atoms with van der Waals surface area (Å²) >= 11 is 0. The Kier molecular flexibility index (Phi) is 4.45. The average molecular weight is 288 g/mol. The molecular formula is C11H13FN2O6. The van der Waals surface area contributed by atoms with Crippen molar-refractivity contribution < 1.29 is 29.1 Å². The van der Waals surface area contributed by atoms with E-state index in [1.54, 1.807) is 0 Å². The number of nitrogens with one attached hydrogen (secondary N) is 1. The smallest absolute Gasteiger partial charge is 0.337 e. The maximum absolute atomic E-state index is 13.4. The van der Waals surface area contributed by atoms with Crippen LogP contribution in [-0.2, 0) is 4.79 Å². The number of anilines is 1. The molecule has 0 heterocycles. The van der Waals surface area contributed by atoms with Crippen LogP contribution in [0.25, 0.3) is 0 Å². The normalized spacial score (nSPS) is 13.4. The van der Waals surface area contributed by atoms with Gasteiger partial charge in [0.2, 0.25) is 0 Å². The highest BCUT2D eigenvalue weighted by molar-refractivity contribution is 5.78. The zero-order valence-electron chi connectivity index (χ0n) is 10.7. The Morgan fingerprint density at radius 2 is 2.20 bits per heavy atom. The first kappa shape index (κ1) is 15.6. The molecule has 20 heavy (non-hydrogen) atoms. The molecule has 0 fully saturated rings. The molecule has 3 N–H and O–H groups in total. The van der Waals surface area contributed by atoms with Gasteiger partial charge in [0, 0.05) is 6.07 Å². The minimum atomic E-state index is -2.13. The van der Waals surface area contributed by atoms with Crippen molar-refractivity contribution in [2.24, 2.45) is 0 Å². The van der Waals surface area contributed by atoms with Crippen LogP contribution in [0.4, 0.5) is 15.8 Å². The molecule has 0 saturated carbocycles. The quantitative estimate of drug-likeness (QED) is 0.527. The Morgan fingerprint density at radius 3 is 2.65 bits per heavy atom. The molecule has 8 nitrogen and oxygen atoms in total. The highest BCUT2D eigenvalue weighted by Crippen LogP contribution is 2.31. The van der Waals surface area contributed by atoms with Crippen LogP contribution >= 0.6 is 0 Å². The zero-order valence-corrected chi connectivity index (χ0v) is 10.7. The van der Waals surface area contributed by atoms with Gasteiger partial charge in [0.1, 0.15) is 5.69 Å². The summed E-state index contributed by atoms with van der Waals surface area (Å²) in [5.74, 6) is -2.66. The number of carboxylic acids is 1. The summed E-state index contributed by atoms with van der Waals surface area (Å²) in [5, 5.41) is 31.5. The number of hydrogen-bond acceptors (Lipinski definition) is 6. The van der Waals surface area contributed by atoms with Crippen LogP contribution < -0.4 is 10.1 Å². The summed E-state index contributed by atoms with van der Waals surface area (Å²) in [4.78, 5) is 20.7. The number of aliphatic hydroxyl groups is 1. The molecule has 110 valence electrons. The molecule has 0 aliphatic heterocycles. The summed E-state index contributed by atoms with van der Waals surface area (Å²) in [5.41, 5.74) is -2.88. The van der Waals surface area contributed by atoms with Crippen LogP contribution in [0.15, 0.2) is 12.1 Å². The zero-order chi connectivity index (χ0) is 15.5. The van der Waals surface area contributed by atoms with Gasteiger partial charge in [-0.1, -0.05) is 0 Å². The number of rotatable bonds is 6. The number of ether oxygens (including phenoxy) is 1. The van der Waals surface area contributed by atoms with Crippen LogP contribution in [0.2, 0.25) is 0 Å². The topological polar surface area (TPSA) is 122 Å². The summed E-state index contributed by atoms with van der Waals surface area (Å²) < 4.78 is 18.1. The standard InChI is InChI=1S/C11H13FN2O6/c1-11(17,10(15)16)5-13-7-4-9(20-2)6(12)3-8(7)14(18)19/h3-4,13,17H,5H2,1-2H3,(H,15,16). The van der Waals surface area contributed by atoms with Crippen molar-refractivity contribution in [2.45, 2.75) is 12.5 Å². The fourth-order valence-corrected chi connectivity index (χ4v) is 1.33. The van der Waals surface area contributed by atoms with Gasteiger partial charge in [0.15, 0.2) is 17.2 Å². The third-order valence-electron chi connectivity index (χ3n) is 2.55. The van der Waals surface area contributed by atoms with Gasteiger partial charge in [0.25, 0.3) is 5.69 Å². The van der Waals surface area contributed by atoms with Crippen molar-refractivity contribution in [1.82, 2.24) is 0 Å². The van der Waals surface area contributed by atoms with Gasteiger partial charge in [-0.15, -0.1) is 0 Å². The molecular weight excluding hydrogens is 275 g/mol. The lowest BCUT2D eigenvalue weighted by atomic mass is 10.1. The molecule has 0 bridgehead atoms.